The summed E-state index contributed by atoms with van der Waals surface area (Å²) < 4.78 is 13.3. The van der Waals surface area contributed by atoms with Crippen molar-refractivity contribution in [3.05, 3.63) is 35.1 Å². The van der Waals surface area contributed by atoms with Crippen LogP contribution in [0, 0.1) is 12.7 Å². The van der Waals surface area contributed by atoms with Gasteiger partial charge in [0, 0.05) is 24.7 Å². The maximum Gasteiger partial charge on any atom is 0.127 e. The van der Waals surface area contributed by atoms with E-state index in [1.807, 2.05) is 19.9 Å². The number of nitrogens with two attached hydrogens (primary N) is 1. The van der Waals surface area contributed by atoms with Crippen LogP contribution in [0.3, 0.4) is 0 Å². The molecule has 0 aliphatic carbocycles. The van der Waals surface area contributed by atoms with Crippen molar-refractivity contribution in [3.63, 3.8) is 0 Å². The van der Waals surface area contributed by atoms with Crippen molar-refractivity contribution in [2.24, 2.45) is 5.73 Å². The van der Waals surface area contributed by atoms with Gasteiger partial charge >= 0.3 is 0 Å². The predicted octanol–water partition coefficient (Wildman–Crippen LogP) is 1.57. The Morgan fingerprint density at radius 2 is 2.21 bits per heavy atom. The van der Waals surface area contributed by atoms with Crippen molar-refractivity contribution in [2.75, 3.05) is 6.54 Å². The van der Waals surface area contributed by atoms with Gasteiger partial charge in [0.05, 0.1) is 0 Å². The van der Waals surface area contributed by atoms with Gasteiger partial charge in [0.15, 0.2) is 0 Å². The van der Waals surface area contributed by atoms with E-state index < -0.39 is 0 Å². The topological polar surface area (TPSA) is 38.0 Å². The largest absolute Gasteiger partial charge is 0.329 e. The van der Waals surface area contributed by atoms with Crippen LogP contribution in [0.5, 0.6) is 0 Å². The molecule has 14 heavy (non-hydrogen) atoms. The van der Waals surface area contributed by atoms with Crippen molar-refractivity contribution >= 4 is 0 Å². The van der Waals surface area contributed by atoms with Gasteiger partial charge < -0.3 is 11.1 Å². The molecule has 0 aliphatic rings. The van der Waals surface area contributed by atoms with E-state index in [1.165, 1.54) is 0 Å². The Morgan fingerprint density at radius 1 is 1.50 bits per heavy atom. The van der Waals surface area contributed by atoms with E-state index in [1.54, 1.807) is 12.1 Å². The highest BCUT2D eigenvalue weighted by Crippen LogP contribution is 2.09. The minimum atomic E-state index is -0.151. The number of nitrogens with one attached hydrogen (secondary N) is 1. The highest BCUT2D eigenvalue weighted by molar-refractivity contribution is 5.23. The molecule has 3 heteroatoms. The third-order valence-corrected chi connectivity index (χ3v) is 2.20. The average Bonchev–Trinajstić information content (AvgIpc) is 2.16. The molecular weight excluding hydrogens is 179 g/mol. The zero-order chi connectivity index (χ0) is 10.6. The zero-order valence-corrected chi connectivity index (χ0v) is 8.68. The number of aryl methyl sites for hydroxylation is 1. The molecule has 78 valence electrons. The van der Waals surface area contributed by atoms with Crippen LogP contribution in [-0.2, 0) is 6.54 Å². The molecule has 0 saturated carbocycles. The maximum atomic E-state index is 13.3. The van der Waals surface area contributed by atoms with Crippen LogP contribution in [0.25, 0.3) is 0 Å². The molecule has 3 N–H and O–H groups in total. The number of rotatable bonds is 4. The molecule has 0 fully saturated rings. The fraction of sp³-hybridized carbons (Fsp3) is 0.455. The van der Waals surface area contributed by atoms with Crippen LogP contribution in [0.15, 0.2) is 18.2 Å². The van der Waals surface area contributed by atoms with Gasteiger partial charge in [0.25, 0.3) is 0 Å². The Labute approximate surface area is 84.3 Å². The second-order valence-electron chi connectivity index (χ2n) is 3.61. The molecule has 0 amide bonds. The third-order valence-electron chi connectivity index (χ3n) is 2.20. The summed E-state index contributed by atoms with van der Waals surface area (Å²) in [5.41, 5.74) is 7.08. The van der Waals surface area contributed by atoms with Crippen LogP contribution in [-0.4, -0.2) is 12.6 Å². The molecule has 0 saturated heterocycles. The Hall–Kier alpha value is -0.930. The van der Waals surface area contributed by atoms with Gasteiger partial charge in [-0.3, -0.25) is 0 Å². The first-order valence-corrected chi connectivity index (χ1v) is 4.82. The fourth-order valence-electron chi connectivity index (χ4n) is 1.16. The first kappa shape index (κ1) is 11.1. The van der Waals surface area contributed by atoms with Crippen molar-refractivity contribution in [1.82, 2.24) is 5.32 Å². The van der Waals surface area contributed by atoms with E-state index in [0.717, 1.165) is 5.56 Å². The molecule has 0 heterocycles. The summed E-state index contributed by atoms with van der Waals surface area (Å²) in [6.45, 7) is 4.95. The van der Waals surface area contributed by atoms with E-state index in [9.17, 15) is 4.39 Å². The smallest absolute Gasteiger partial charge is 0.127 e. The van der Waals surface area contributed by atoms with Gasteiger partial charge in [-0.1, -0.05) is 12.1 Å². The number of benzene rings is 1. The molecule has 0 radical (unpaired) electrons. The average molecular weight is 196 g/mol. The molecule has 0 aliphatic heterocycles. The third kappa shape index (κ3) is 3.09. The standard InChI is InChI=1S/C11H17FN2/c1-8-3-4-10(11(12)5-8)7-14-9(2)6-13/h3-5,9,14H,6-7,13H2,1-2H3. The number of halogens is 1. The van der Waals surface area contributed by atoms with Gasteiger partial charge in [0.1, 0.15) is 5.82 Å². The van der Waals surface area contributed by atoms with Crippen LogP contribution >= 0.6 is 0 Å². The summed E-state index contributed by atoms with van der Waals surface area (Å²) in [6, 6.07) is 5.48. The molecule has 1 unspecified atom stereocenters. The highest BCUT2D eigenvalue weighted by atomic mass is 19.1. The quantitative estimate of drug-likeness (QED) is 0.767. The Balaban J connectivity index is 2.59. The molecule has 0 bridgehead atoms. The fourth-order valence-corrected chi connectivity index (χ4v) is 1.16. The summed E-state index contributed by atoms with van der Waals surface area (Å²) in [7, 11) is 0. The van der Waals surface area contributed by atoms with Gasteiger partial charge in [0.2, 0.25) is 0 Å². The summed E-state index contributed by atoms with van der Waals surface area (Å²) in [6.07, 6.45) is 0. The summed E-state index contributed by atoms with van der Waals surface area (Å²) in [5.74, 6) is -0.151. The summed E-state index contributed by atoms with van der Waals surface area (Å²) in [5, 5.41) is 3.14. The van der Waals surface area contributed by atoms with E-state index in [2.05, 4.69) is 5.32 Å². The lowest BCUT2D eigenvalue weighted by molar-refractivity contribution is 0.533. The molecule has 0 aromatic heterocycles. The van der Waals surface area contributed by atoms with Gasteiger partial charge in [-0.15, -0.1) is 0 Å². The number of hydrogen-bond donors (Lipinski definition) is 2. The lowest BCUT2D eigenvalue weighted by Crippen LogP contribution is -2.32. The predicted molar refractivity (Wildman–Crippen MR) is 56.5 cm³/mol. The van der Waals surface area contributed by atoms with Gasteiger partial charge in [-0.05, 0) is 25.5 Å². The van der Waals surface area contributed by atoms with Crippen LogP contribution < -0.4 is 11.1 Å². The minimum absolute atomic E-state index is 0.151. The molecule has 0 spiro atoms. The Kier molecular flexibility index (Phi) is 4.04. The first-order valence-electron chi connectivity index (χ1n) is 4.82. The lowest BCUT2D eigenvalue weighted by atomic mass is 10.1. The molecule has 1 atom stereocenters. The lowest BCUT2D eigenvalue weighted by Gasteiger charge is -2.11. The second-order valence-corrected chi connectivity index (χ2v) is 3.61. The van der Waals surface area contributed by atoms with Gasteiger partial charge in [-0.25, -0.2) is 4.39 Å². The van der Waals surface area contributed by atoms with E-state index in [4.69, 9.17) is 5.73 Å². The normalized spacial score (nSPS) is 12.9. The Bertz CT molecular complexity index is 299. The monoisotopic (exact) mass is 196 g/mol. The highest BCUT2D eigenvalue weighted by Gasteiger charge is 2.03. The van der Waals surface area contributed by atoms with Crippen molar-refractivity contribution in [3.8, 4) is 0 Å². The molecule has 2 nitrogen and oxygen atoms in total. The van der Waals surface area contributed by atoms with Crippen molar-refractivity contribution in [1.29, 1.82) is 0 Å². The van der Waals surface area contributed by atoms with E-state index in [-0.39, 0.29) is 11.9 Å². The maximum absolute atomic E-state index is 13.3. The van der Waals surface area contributed by atoms with Crippen molar-refractivity contribution in [2.45, 2.75) is 26.4 Å². The molecule has 1 rings (SSSR count). The van der Waals surface area contributed by atoms with Crippen molar-refractivity contribution < 1.29 is 4.39 Å². The molecule has 1 aromatic carbocycles. The number of hydrogen-bond acceptors (Lipinski definition) is 2. The van der Waals surface area contributed by atoms with E-state index >= 15 is 0 Å². The van der Waals surface area contributed by atoms with Crippen LogP contribution in [0.1, 0.15) is 18.1 Å². The van der Waals surface area contributed by atoms with Crippen LogP contribution in [0.4, 0.5) is 4.39 Å². The second kappa shape index (κ2) is 5.08. The molecule has 1 aromatic rings. The minimum Gasteiger partial charge on any atom is -0.329 e. The summed E-state index contributed by atoms with van der Waals surface area (Å²) in [4.78, 5) is 0. The first-order chi connectivity index (χ1) is 6.63. The summed E-state index contributed by atoms with van der Waals surface area (Å²) >= 11 is 0. The Morgan fingerprint density at radius 3 is 2.79 bits per heavy atom. The zero-order valence-electron chi connectivity index (χ0n) is 8.68. The van der Waals surface area contributed by atoms with E-state index in [0.29, 0.717) is 18.7 Å². The SMILES string of the molecule is Cc1ccc(CNC(C)CN)c(F)c1. The van der Waals surface area contributed by atoms with Crippen LogP contribution in [0.2, 0.25) is 0 Å². The molecular formula is C11H17FN2. The van der Waals surface area contributed by atoms with Gasteiger partial charge in [-0.2, -0.15) is 0 Å².